The first-order chi connectivity index (χ1) is 10.1. The summed E-state index contributed by atoms with van der Waals surface area (Å²) in [4.78, 5) is 26.5. The maximum Gasteiger partial charge on any atom is 0.273 e. The second-order valence-corrected chi connectivity index (χ2v) is 4.56. The molecule has 0 radical (unpaired) electrons. The van der Waals surface area contributed by atoms with Crippen LogP contribution in [0.25, 0.3) is 22.2 Å². The lowest BCUT2D eigenvalue weighted by Gasteiger charge is -2.05. The van der Waals surface area contributed by atoms with E-state index in [2.05, 4.69) is 15.2 Å². The largest absolute Gasteiger partial charge is 0.273 e. The van der Waals surface area contributed by atoms with Gasteiger partial charge in [-0.05, 0) is 19.1 Å². The fourth-order valence-corrected chi connectivity index (χ4v) is 2.15. The number of nitrogens with one attached hydrogen (secondary N) is 1. The van der Waals surface area contributed by atoms with Crippen LogP contribution >= 0.6 is 0 Å². The molecule has 0 atom stereocenters. The molecule has 3 rings (SSSR count). The average Bonchev–Trinajstić information content (AvgIpc) is 2.48. The van der Waals surface area contributed by atoms with Gasteiger partial charge in [0.05, 0.1) is 10.3 Å². The van der Waals surface area contributed by atoms with Crippen molar-refractivity contribution in [3.8, 4) is 11.3 Å². The summed E-state index contributed by atoms with van der Waals surface area (Å²) >= 11 is 0. The van der Waals surface area contributed by atoms with Crippen molar-refractivity contribution in [1.82, 2.24) is 15.2 Å². The number of nitro groups is 1. The highest BCUT2D eigenvalue weighted by atomic mass is 16.6. The molecule has 7 nitrogen and oxygen atoms in total. The molecule has 2 heterocycles. The van der Waals surface area contributed by atoms with Gasteiger partial charge in [-0.3, -0.25) is 19.9 Å². The summed E-state index contributed by atoms with van der Waals surface area (Å²) in [7, 11) is 0. The van der Waals surface area contributed by atoms with Crippen LogP contribution in [-0.4, -0.2) is 20.1 Å². The number of hydrogen-bond donors (Lipinski definition) is 1. The molecule has 1 aromatic carbocycles. The van der Waals surface area contributed by atoms with Gasteiger partial charge in [0.1, 0.15) is 11.2 Å². The third-order valence-electron chi connectivity index (χ3n) is 3.23. The Morgan fingerprint density at radius 2 is 2.10 bits per heavy atom. The molecule has 0 saturated carbocycles. The lowest BCUT2D eigenvalue weighted by atomic mass is 10.1. The van der Waals surface area contributed by atoms with E-state index in [1.807, 2.05) is 0 Å². The molecule has 2 aromatic heterocycles. The number of nitrogens with zero attached hydrogens (tertiary/aromatic N) is 3. The minimum absolute atomic E-state index is 0.00424. The van der Waals surface area contributed by atoms with E-state index in [-0.39, 0.29) is 11.2 Å². The van der Waals surface area contributed by atoms with Gasteiger partial charge >= 0.3 is 0 Å². The minimum atomic E-state index is -0.444. The number of rotatable bonds is 2. The predicted octanol–water partition coefficient (Wildman–Crippen LogP) is 2.20. The molecular formula is C14H10N4O3. The van der Waals surface area contributed by atoms with Gasteiger partial charge in [-0.15, -0.1) is 0 Å². The number of nitro benzene ring substituents is 1. The molecule has 1 N–H and O–H groups in total. The molecule has 0 aliphatic rings. The van der Waals surface area contributed by atoms with Crippen LogP contribution in [-0.2, 0) is 0 Å². The standard InChI is InChI=1S/C14H10N4O3/c1-8-4-5-9(7-11(8)18(20)21)12-13-10(3-2-6-15-13)14(19)17-16-12/h2-7H,1H3,(H,17,19). The molecule has 0 saturated heterocycles. The molecule has 0 unspecified atom stereocenters. The molecule has 0 fully saturated rings. The lowest BCUT2D eigenvalue weighted by Crippen LogP contribution is -2.10. The van der Waals surface area contributed by atoms with E-state index in [1.54, 1.807) is 37.4 Å². The first kappa shape index (κ1) is 12.9. The van der Waals surface area contributed by atoms with Gasteiger partial charge < -0.3 is 0 Å². The van der Waals surface area contributed by atoms with Gasteiger partial charge in [0.25, 0.3) is 11.2 Å². The molecule has 0 spiro atoms. The Balaban J connectivity index is 2.31. The molecule has 0 bridgehead atoms. The van der Waals surface area contributed by atoms with E-state index >= 15 is 0 Å². The van der Waals surface area contributed by atoms with Crippen molar-refractivity contribution >= 4 is 16.6 Å². The van der Waals surface area contributed by atoms with E-state index < -0.39 is 4.92 Å². The molecule has 0 aliphatic carbocycles. The third-order valence-corrected chi connectivity index (χ3v) is 3.23. The summed E-state index contributed by atoms with van der Waals surface area (Å²) in [5.41, 5.74) is 1.58. The summed E-state index contributed by atoms with van der Waals surface area (Å²) in [5.74, 6) is 0. The quantitative estimate of drug-likeness (QED) is 0.573. The van der Waals surface area contributed by atoms with Gasteiger partial charge in [0.15, 0.2) is 0 Å². The topological polar surface area (TPSA) is 102 Å². The zero-order valence-corrected chi connectivity index (χ0v) is 11.0. The molecular weight excluding hydrogens is 272 g/mol. The van der Waals surface area contributed by atoms with Gasteiger partial charge in [-0.25, -0.2) is 5.10 Å². The molecule has 3 aromatic rings. The summed E-state index contributed by atoms with van der Waals surface area (Å²) in [6, 6.07) is 8.09. The third kappa shape index (κ3) is 2.14. The molecule has 21 heavy (non-hydrogen) atoms. The van der Waals surface area contributed by atoms with Crippen molar-refractivity contribution in [1.29, 1.82) is 0 Å². The van der Waals surface area contributed by atoms with Crippen LogP contribution in [0, 0.1) is 17.0 Å². The van der Waals surface area contributed by atoms with Crippen molar-refractivity contribution in [3.63, 3.8) is 0 Å². The Morgan fingerprint density at radius 1 is 1.29 bits per heavy atom. The summed E-state index contributed by atoms with van der Waals surface area (Å²) in [6.07, 6.45) is 1.55. The number of fused-ring (bicyclic) bond motifs is 1. The van der Waals surface area contributed by atoms with Crippen LogP contribution in [0.15, 0.2) is 41.3 Å². The van der Waals surface area contributed by atoms with Crippen LogP contribution < -0.4 is 5.56 Å². The van der Waals surface area contributed by atoms with Gasteiger partial charge in [0, 0.05) is 23.4 Å². The fraction of sp³-hybridized carbons (Fsp3) is 0.0714. The first-order valence-corrected chi connectivity index (χ1v) is 6.17. The van der Waals surface area contributed by atoms with Gasteiger partial charge in [-0.2, -0.15) is 5.10 Å². The second kappa shape index (κ2) is 4.78. The molecule has 7 heteroatoms. The highest BCUT2D eigenvalue weighted by Crippen LogP contribution is 2.28. The Morgan fingerprint density at radius 3 is 2.86 bits per heavy atom. The molecule has 104 valence electrons. The van der Waals surface area contributed by atoms with Gasteiger partial charge in [-0.1, -0.05) is 12.1 Å². The number of benzene rings is 1. The number of pyridine rings is 1. The van der Waals surface area contributed by atoms with E-state index in [0.717, 1.165) is 0 Å². The van der Waals surface area contributed by atoms with Crippen molar-refractivity contribution in [3.05, 3.63) is 62.6 Å². The number of aryl methyl sites for hydroxylation is 1. The van der Waals surface area contributed by atoms with Crippen LogP contribution in [0.1, 0.15) is 5.56 Å². The van der Waals surface area contributed by atoms with Crippen LogP contribution in [0.4, 0.5) is 5.69 Å². The Labute approximate surface area is 118 Å². The van der Waals surface area contributed by atoms with Crippen molar-refractivity contribution < 1.29 is 4.92 Å². The molecule has 0 aliphatic heterocycles. The monoisotopic (exact) mass is 282 g/mol. The molecule has 0 amide bonds. The predicted molar refractivity (Wildman–Crippen MR) is 77.0 cm³/mol. The summed E-state index contributed by atoms with van der Waals surface area (Å²) in [6.45, 7) is 1.67. The number of aromatic nitrogens is 3. The number of hydrogen-bond acceptors (Lipinski definition) is 5. The normalized spacial score (nSPS) is 10.7. The smallest absolute Gasteiger partial charge is 0.267 e. The zero-order valence-electron chi connectivity index (χ0n) is 11.0. The van der Waals surface area contributed by atoms with Crippen molar-refractivity contribution in [2.45, 2.75) is 6.92 Å². The van der Waals surface area contributed by atoms with E-state index in [9.17, 15) is 14.9 Å². The highest BCUT2D eigenvalue weighted by molar-refractivity contribution is 5.90. The first-order valence-electron chi connectivity index (χ1n) is 6.17. The van der Waals surface area contributed by atoms with E-state index in [4.69, 9.17) is 0 Å². The van der Waals surface area contributed by atoms with E-state index in [0.29, 0.717) is 27.7 Å². The average molecular weight is 282 g/mol. The lowest BCUT2D eigenvalue weighted by molar-refractivity contribution is -0.385. The Bertz CT molecular complexity index is 917. The fourth-order valence-electron chi connectivity index (χ4n) is 2.15. The summed E-state index contributed by atoms with van der Waals surface area (Å²) in [5, 5.41) is 17.8. The zero-order chi connectivity index (χ0) is 15.0. The van der Waals surface area contributed by atoms with Crippen LogP contribution in [0.5, 0.6) is 0 Å². The highest BCUT2D eigenvalue weighted by Gasteiger charge is 2.15. The second-order valence-electron chi connectivity index (χ2n) is 4.56. The van der Waals surface area contributed by atoms with E-state index in [1.165, 1.54) is 6.07 Å². The number of aromatic amines is 1. The van der Waals surface area contributed by atoms with Crippen molar-refractivity contribution in [2.75, 3.05) is 0 Å². The number of H-pyrrole nitrogens is 1. The Kier molecular flexibility index (Phi) is 2.94. The SMILES string of the molecule is Cc1ccc(-c2n[nH]c(=O)c3cccnc23)cc1[N+](=O)[O-]. The van der Waals surface area contributed by atoms with Crippen LogP contribution in [0.3, 0.4) is 0 Å². The van der Waals surface area contributed by atoms with Crippen LogP contribution in [0.2, 0.25) is 0 Å². The Hall–Kier alpha value is -3.09. The maximum atomic E-state index is 11.7. The summed E-state index contributed by atoms with van der Waals surface area (Å²) < 4.78 is 0. The minimum Gasteiger partial charge on any atom is -0.267 e. The van der Waals surface area contributed by atoms with Crippen molar-refractivity contribution in [2.24, 2.45) is 0 Å². The maximum absolute atomic E-state index is 11.7. The van der Waals surface area contributed by atoms with Gasteiger partial charge in [0.2, 0.25) is 0 Å².